The van der Waals surface area contributed by atoms with Gasteiger partial charge in [0, 0.05) is 11.6 Å². The first-order chi connectivity index (χ1) is 14.0. The minimum atomic E-state index is -0.594. The van der Waals surface area contributed by atoms with Gasteiger partial charge in [-0.05, 0) is 54.7 Å². The number of halogens is 2. The lowest BCUT2D eigenvalue weighted by Gasteiger charge is -2.26. The van der Waals surface area contributed by atoms with Crippen LogP contribution in [-0.2, 0) is 6.42 Å². The molecule has 0 amide bonds. The van der Waals surface area contributed by atoms with Crippen LogP contribution in [-0.4, -0.2) is 24.9 Å². The molecule has 0 aliphatic heterocycles. The number of nitrogen functional groups attached to an aromatic ring is 1. The van der Waals surface area contributed by atoms with Crippen LogP contribution in [0.4, 0.5) is 14.6 Å². The summed E-state index contributed by atoms with van der Waals surface area (Å²) in [5.41, 5.74) is 9.25. The molecule has 3 N–H and O–H groups in total. The van der Waals surface area contributed by atoms with Gasteiger partial charge in [0.05, 0.1) is 11.4 Å². The molecule has 0 bridgehead atoms. The zero-order valence-electron chi connectivity index (χ0n) is 15.3. The molecular weight excluding hydrogens is 376 g/mol. The van der Waals surface area contributed by atoms with E-state index in [0.29, 0.717) is 22.3 Å². The quantitative estimate of drug-likeness (QED) is 0.538. The van der Waals surface area contributed by atoms with E-state index in [9.17, 15) is 13.9 Å². The number of hydrogen-bond acceptors (Lipinski definition) is 5. The Bertz CT molecular complexity index is 1230. The third-order valence-electron chi connectivity index (χ3n) is 5.36. The molecule has 5 rings (SSSR count). The lowest BCUT2D eigenvalue weighted by atomic mass is 9.87. The number of nitrogens with two attached hydrogens (primary N) is 1. The Balaban J connectivity index is 1.77. The molecule has 0 spiro atoms. The van der Waals surface area contributed by atoms with Gasteiger partial charge in [0.2, 0.25) is 0 Å². The molecule has 1 aliphatic carbocycles. The molecule has 0 saturated carbocycles. The molecule has 29 heavy (non-hydrogen) atoms. The average Bonchev–Trinajstić information content (AvgIpc) is 3.08. The summed E-state index contributed by atoms with van der Waals surface area (Å²) in [4.78, 5) is 8.42. The summed E-state index contributed by atoms with van der Waals surface area (Å²) in [6.07, 6.45) is 3.89. The highest BCUT2D eigenvalue weighted by atomic mass is 19.1. The topological polar surface area (TPSA) is 89.8 Å². The van der Waals surface area contributed by atoms with Gasteiger partial charge < -0.3 is 10.8 Å². The van der Waals surface area contributed by atoms with Crippen molar-refractivity contribution in [3.63, 3.8) is 0 Å². The second kappa shape index (κ2) is 6.51. The molecule has 1 atom stereocenters. The van der Waals surface area contributed by atoms with Gasteiger partial charge in [0.15, 0.2) is 5.65 Å². The fourth-order valence-corrected chi connectivity index (χ4v) is 4.12. The summed E-state index contributed by atoms with van der Waals surface area (Å²) >= 11 is 0. The Hall–Kier alpha value is -3.55. The molecule has 1 aliphatic rings. The minimum absolute atomic E-state index is 0.204. The SMILES string of the molecule is Nc1ncnc2c1c(-c1cc(O)cc(F)c1)nn2C1CCCc2ccc(F)cc21. The van der Waals surface area contributed by atoms with E-state index in [1.54, 1.807) is 10.7 Å². The van der Waals surface area contributed by atoms with Crippen LogP contribution in [0.25, 0.3) is 22.3 Å². The smallest absolute Gasteiger partial charge is 0.164 e. The van der Waals surface area contributed by atoms with E-state index in [4.69, 9.17) is 5.73 Å². The van der Waals surface area contributed by atoms with Crippen molar-refractivity contribution in [3.8, 4) is 17.0 Å². The Morgan fingerprint density at radius 3 is 2.76 bits per heavy atom. The van der Waals surface area contributed by atoms with E-state index in [-0.39, 0.29) is 23.4 Å². The van der Waals surface area contributed by atoms with Crippen molar-refractivity contribution < 1.29 is 13.9 Å². The van der Waals surface area contributed by atoms with Gasteiger partial charge in [-0.1, -0.05) is 6.07 Å². The monoisotopic (exact) mass is 393 g/mol. The van der Waals surface area contributed by atoms with Crippen molar-refractivity contribution in [3.05, 3.63) is 65.5 Å². The van der Waals surface area contributed by atoms with E-state index in [1.165, 1.54) is 30.6 Å². The number of aromatic hydroxyl groups is 1. The highest BCUT2D eigenvalue weighted by Gasteiger charge is 2.27. The molecule has 4 aromatic rings. The molecule has 2 heterocycles. The predicted octanol–water partition coefficient (Wildman–Crippen LogP) is 3.99. The number of benzene rings is 2. The molecular formula is C21H17F2N5O. The van der Waals surface area contributed by atoms with E-state index in [0.717, 1.165) is 36.5 Å². The Kier molecular flexibility index (Phi) is 3.94. The van der Waals surface area contributed by atoms with Crippen LogP contribution in [0.1, 0.15) is 30.0 Å². The van der Waals surface area contributed by atoms with Gasteiger partial charge in [-0.2, -0.15) is 5.10 Å². The van der Waals surface area contributed by atoms with Gasteiger partial charge in [-0.15, -0.1) is 0 Å². The Morgan fingerprint density at radius 2 is 1.93 bits per heavy atom. The standard InChI is InChI=1S/C21H17F2N5O/c22-13-5-4-11-2-1-3-17(16(11)9-13)28-21-18(20(24)25-10-26-21)19(27-28)12-6-14(23)8-15(29)7-12/h4-10,17,29H,1-3H2,(H2,24,25,26). The fourth-order valence-electron chi connectivity index (χ4n) is 4.12. The normalized spacial score (nSPS) is 16.1. The van der Waals surface area contributed by atoms with E-state index in [2.05, 4.69) is 15.1 Å². The number of phenolic OH excluding ortho intramolecular Hbond substituents is 1. The van der Waals surface area contributed by atoms with Crippen molar-refractivity contribution >= 4 is 16.9 Å². The van der Waals surface area contributed by atoms with Crippen LogP contribution in [0.3, 0.4) is 0 Å². The average molecular weight is 393 g/mol. The van der Waals surface area contributed by atoms with Gasteiger partial charge in [-0.3, -0.25) is 0 Å². The third-order valence-corrected chi connectivity index (χ3v) is 5.36. The van der Waals surface area contributed by atoms with E-state index < -0.39 is 5.82 Å². The molecule has 2 aromatic heterocycles. The summed E-state index contributed by atoms with van der Waals surface area (Å²) in [7, 11) is 0. The van der Waals surface area contributed by atoms with Crippen LogP contribution in [0.5, 0.6) is 5.75 Å². The van der Waals surface area contributed by atoms with Crippen molar-refractivity contribution in [2.45, 2.75) is 25.3 Å². The van der Waals surface area contributed by atoms with Crippen LogP contribution in [0, 0.1) is 11.6 Å². The molecule has 146 valence electrons. The summed E-state index contributed by atoms with van der Waals surface area (Å²) in [6.45, 7) is 0. The van der Waals surface area contributed by atoms with Crippen molar-refractivity contribution in [1.82, 2.24) is 19.7 Å². The Morgan fingerprint density at radius 1 is 1.07 bits per heavy atom. The predicted molar refractivity (Wildman–Crippen MR) is 104 cm³/mol. The lowest BCUT2D eigenvalue weighted by molar-refractivity contribution is 0.457. The highest BCUT2D eigenvalue weighted by molar-refractivity contribution is 5.98. The van der Waals surface area contributed by atoms with E-state index >= 15 is 0 Å². The van der Waals surface area contributed by atoms with Gasteiger partial charge in [0.1, 0.15) is 35.2 Å². The van der Waals surface area contributed by atoms with Crippen LogP contribution in [0.15, 0.2) is 42.7 Å². The molecule has 0 radical (unpaired) electrons. The first-order valence-corrected chi connectivity index (χ1v) is 9.28. The number of aromatic nitrogens is 4. The van der Waals surface area contributed by atoms with Gasteiger partial charge in [0.25, 0.3) is 0 Å². The summed E-state index contributed by atoms with van der Waals surface area (Å²) in [6, 6.07) is 8.26. The number of fused-ring (bicyclic) bond motifs is 2. The molecule has 6 nitrogen and oxygen atoms in total. The fraction of sp³-hybridized carbons (Fsp3) is 0.190. The molecule has 1 unspecified atom stereocenters. The third kappa shape index (κ3) is 2.88. The van der Waals surface area contributed by atoms with Crippen molar-refractivity contribution in [1.29, 1.82) is 0 Å². The summed E-state index contributed by atoms with van der Waals surface area (Å²) in [5.74, 6) is -0.918. The number of anilines is 1. The number of nitrogens with zero attached hydrogens (tertiary/aromatic N) is 4. The van der Waals surface area contributed by atoms with Gasteiger partial charge >= 0.3 is 0 Å². The molecule has 0 fully saturated rings. The number of rotatable bonds is 2. The maximum Gasteiger partial charge on any atom is 0.164 e. The molecule has 8 heteroatoms. The zero-order valence-corrected chi connectivity index (χ0v) is 15.3. The van der Waals surface area contributed by atoms with Crippen LogP contribution < -0.4 is 5.73 Å². The number of phenols is 1. The lowest BCUT2D eigenvalue weighted by Crippen LogP contribution is -2.19. The van der Waals surface area contributed by atoms with Gasteiger partial charge in [-0.25, -0.2) is 23.4 Å². The van der Waals surface area contributed by atoms with Crippen molar-refractivity contribution in [2.75, 3.05) is 5.73 Å². The second-order valence-corrected chi connectivity index (χ2v) is 7.20. The van der Waals surface area contributed by atoms with Crippen LogP contribution >= 0.6 is 0 Å². The second-order valence-electron chi connectivity index (χ2n) is 7.20. The maximum absolute atomic E-state index is 14.0. The number of aryl methyl sites for hydroxylation is 1. The Labute approximate surface area is 164 Å². The number of hydrogen-bond donors (Lipinski definition) is 2. The highest BCUT2D eigenvalue weighted by Crippen LogP contribution is 2.38. The summed E-state index contributed by atoms with van der Waals surface area (Å²) in [5, 5.41) is 15.0. The first-order valence-electron chi connectivity index (χ1n) is 9.28. The van der Waals surface area contributed by atoms with Crippen LogP contribution in [0.2, 0.25) is 0 Å². The van der Waals surface area contributed by atoms with E-state index in [1.807, 2.05) is 0 Å². The van der Waals surface area contributed by atoms with Crippen molar-refractivity contribution in [2.24, 2.45) is 0 Å². The molecule has 0 saturated heterocycles. The maximum atomic E-state index is 14.0. The summed E-state index contributed by atoms with van der Waals surface area (Å²) < 4.78 is 29.6. The first kappa shape index (κ1) is 17.5. The minimum Gasteiger partial charge on any atom is -0.508 e. The zero-order chi connectivity index (χ0) is 20.1. The molecule has 2 aromatic carbocycles. The largest absolute Gasteiger partial charge is 0.508 e.